The Bertz CT molecular complexity index is 867. The maximum absolute atomic E-state index is 6.01. The summed E-state index contributed by atoms with van der Waals surface area (Å²) in [5, 5.41) is 5.25. The van der Waals surface area contributed by atoms with Gasteiger partial charge >= 0.3 is 0 Å². The average Bonchev–Trinajstić information content (AvgIpc) is 3.13. The van der Waals surface area contributed by atoms with E-state index >= 15 is 0 Å². The zero-order chi connectivity index (χ0) is 18.4. The summed E-state index contributed by atoms with van der Waals surface area (Å²) < 4.78 is 10.8. The van der Waals surface area contributed by atoms with Gasteiger partial charge in [-0.3, -0.25) is 0 Å². The number of rotatable bonds is 8. The second kappa shape index (κ2) is 9.03. The number of ether oxygens (including phenoxy) is 2. The van der Waals surface area contributed by atoms with Gasteiger partial charge in [-0.25, -0.2) is 4.98 Å². The molecule has 0 radical (unpaired) electrons. The summed E-state index contributed by atoms with van der Waals surface area (Å²) in [7, 11) is 3.33. The Balaban J connectivity index is 1.60. The first kappa shape index (κ1) is 18.7. The summed E-state index contributed by atoms with van der Waals surface area (Å²) in [5.74, 6) is 1.62. The molecule has 26 heavy (non-hydrogen) atoms. The third-order valence-corrected chi connectivity index (χ3v) is 5.25. The number of nitrogens with zero attached hydrogens (tertiary/aromatic N) is 1. The molecule has 0 fully saturated rings. The highest BCUT2D eigenvalue weighted by atomic mass is 35.5. The standard InChI is InChI=1S/C20H21ClN2O2S/c1-24-16-6-7-18(25-2)17(11-16)19-12-23-20(26-19)13-22-9-8-14-4-3-5-15(21)10-14/h3-7,10-12,22H,8-9,13H2,1-2H3. The molecule has 0 aliphatic heterocycles. The van der Waals surface area contributed by atoms with Gasteiger partial charge in [-0.2, -0.15) is 0 Å². The lowest BCUT2D eigenvalue weighted by atomic mass is 10.1. The zero-order valence-electron chi connectivity index (χ0n) is 14.8. The van der Waals surface area contributed by atoms with Crippen LogP contribution in [0.5, 0.6) is 11.5 Å². The molecule has 1 aromatic heterocycles. The van der Waals surface area contributed by atoms with Crippen molar-refractivity contribution in [1.82, 2.24) is 10.3 Å². The summed E-state index contributed by atoms with van der Waals surface area (Å²) in [5.41, 5.74) is 2.22. The second-order valence-electron chi connectivity index (χ2n) is 5.74. The van der Waals surface area contributed by atoms with Crippen molar-refractivity contribution in [2.24, 2.45) is 0 Å². The van der Waals surface area contributed by atoms with Crippen molar-refractivity contribution in [2.75, 3.05) is 20.8 Å². The van der Waals surface area contributed by atoms with Crippen LogP contribution in [0.1, 0.15) is 10.6 Å². The Hall–Kier alpha value is -2.08. The molecule has 3 rings (SSSR count). The molecule has 0 atom stereocenters. The van der Waals surface area contributed by atoms with E-state index in [2.05, 4.69) is 16.4 Å². The predicted molar refractivity (Wildman–Crippen MR) is 108 cm³/mol. The molecule has 1 heterocycles. The zero-order valence-corrected chi connectivity index (χ0v) is 16.4. The third-order valence-electron chi connectivity index (χ3n) is 3.98. The molecule has 0 unspecified atom stereocenters. The summed E-state index contributed by atoms with van der Waals surface area (Å²) in [6.45, 7) is 1.61. The summed E-state index contributed by atoms with van der Waals surface area (Å²) >= 11 is 7.67. The van der Waals surface area contributed by atoms with Crippen LogP contribution in [-0.4, -0.2) is 25.7 Å². The molecule has 2 aromatic carbocycles. The molecule has 0 spiro atoms. The van der Waals surface area contributed by atoms with Crippen LogP contribution in [0.25, 0.3) is 10.4 Å². The van der Waals surface area contributed by atoms with Crippen molar-refractivity contribution < 1.29 is 9.47 Å². The fourth-order valence-electron chi connectivity index (χ4n) is 2.64. The van der Waals surface area contributed by atoms with Crippen LogP contribution in [0.15, 0.2) is 48.7 Å². The van der Waals surface area contributed by atoms with Gasteiger partial charge in [-0.1, -0.05) is 23.7 Å². The molecular formula is C20H21ClN2O2S. The van der Waals surface area contributed by atoms with Gasteiger partial charge in [0.2, 0.25) is 0 Å². The Labute approximate surface area is 162 Å². The van der Waals surface area contributed by atoms with E-state index < -0.39 is 0 Å². The number of hydrogen-bond donors (Lipinski definition) is 1. The van der Waals surface area contributed by atoms with Crippen molar-refractivity contribution in [3.05, 3.63) is 64.3 Å². The van der Waals surface area contributed by atoms with Crippen molar-refractivity contribution in [2.45, 2.75) is 13.0 Å². The van der Waals surface area contributed by atoms with E-state index in [9.17, 15) is 0 Å². The Morgan fingerprint density at radius 3 is 2.77 bits per heavy atom. The average molecular weight is 389 g/mol. The number of aromatic nitrogens is 1. The van der Waals surface area contributed by atoms with E-state index in [-0.39, 0.29) is 0 Å². The van der Waals surface area contributed by atoms with Crippen LogP contribution in [0.2, 0.25) is 5.02 Å². The lowest BCUT2D eigenvalue weighted by molar-refractivity contribution is 0.404. The summed E-state index contributed by atoms with van der Waals surface area (Å²) in [6.07, 6.45) is 2.82. The number of nitrogens with one attached hydrogen (secondary N) is 1. The van der Waals surface area contributed by atoms with Crippen molar-refractivity contribution in [3.63, 3.8) is 0 Å². The molecule has 0 saturated heterocycles. The first-order valence-electron chi connectivity index (χ1n) is 8.32. The molecule has 0 saturated carbocycles. The maximum atomic E-state index is 6.01. The Morgan fingerprint density at radius 2 is 2.00 bits per heavy atom. The van der Waals surface area contributed by atoms with Crippen molar-refractivity contribution in [1.29, 1.82) is 0 Å². The van der Waals surface area contributed by atoms with E-state index in [0.29, 0.717) is 0 Å². The van der Waals surface area contributed by atoms with Crippen LogP contribution in [0, 0.1) is 0 Å². The highest BCUT2D eigenvalue weighted by Crippen LogP contribution is 2.36. The number of benzene rings is 2. The van der Waals surface area contributed by atoms with Crippen LogP contribution in [-0.2, 0) is 13.0 Å². The molecule has 3 aromatic rings. The number of hydrogen-bond acceptors (Lipinski definition) is 5. The predicted octanol–water partition coefficient (Wildman–Crippen LogP) is 4.81. The lowest BCUT2D eigenvalue weighted by Gasteiger charge is -2.08. The molecule has 6 heteroatoms. The molecule has 4 nitrogen and oxygen atoms in total. The van der Waals surface area contributed by atoms with E-state index in [1.165, 1.54) is 5.56 Å². The van der Waals surface area contributed by atoms with Crippen LogP contribution >= 0.6 is 22.9 Å². The van der Waals surface area contributed by atoms with Gasteiger partial charge in [0.15, 0.2) is 0 Å². The first-order valence-corrected chi connectivity index (χ1v) is 9.51. The quantitative estimate of drug-likeness (QED) is 0.562. The molecule has 0 aliphatic carbocycles. The Kier molecular flexibility index (Phi) is 6.50. The minimum atomic E-state index is 0.734. The highest BCUT2D eigenvalue weighted by molar-refractivity contribution is 7.15. The van der Waals surface area contributed by atoms with E-state index in [0.717, 1.165) is 51.5 Å². The van der Waals surface area contributed by atoms with Crippen molar-refractivity contribution in [3.8, 4) is 21.9 Å². The van der Waals surface area contributed by atoms with Gasteiger partial charge in [0.25, 0.3) is 0 Å². The van der Waals surface area contributed by atoms with Gasteiger partial charge < -0.3 is 14.8 Å². The molecule has 136 valence electrons. The highest BCUT2D eigenvalue weighted by Gasteiger charge is 2.11. The minimum absolute atomic E-state index is 0.734. The maximum Gasteiger partial charge on any atom is 0.127 e. The van der Waals surface area contributed by atoms with Gasteiger partial charge in [-0.15, -0.1) is 11.3 Å². The van der Waals surface area contributed by atoms with E-state index in [1.54, 1.807) is 25.6 Å². The minimum Gasteiger partial charge on any atom is -0.497 e. The fraction of sp³-hybridized carbons (Fsp3) is 0.250. The van der Waals surface area contributed by atoms with Crippen LogP contribution < -0.4 is 14.8 Å². The largest absolute Gasteiger partial charge is 0.497 e. The number of thiazole rings is 1. The van der Waals surface area contributed by atoms with Gasteiger partial charge in [-0.05, 0) is 48.9 Å². The SMILES string of the molecule is COc1ccc(OC)c(-c2cnc(CNCCc3cccc(Cl)c3)s2)c1. The lowest BCUT2D eigenvalue weighted by Crippen LogP contribution is -2.16. The normalized spacial score (nSPS) is 10.7. The van der Waals surface area contributed by atoms with Gasteiger partial charge in [0.05, 0.1) is 19.1 Å². The van der Waals surface area contributed by atoms with E-state index in [4.69, 9.17) is 21.1 Å². The third kappa shape index (κ3) is 4.75. The van der Waals surface area contributed by atoms with Gasteiger partial charge in [0.1, 0.15) is 16.5 Å². The number of methoxy groups -OCH3 is 2. The second-order valence-corrected chi connectivity index (χ2v) is 7.29. The Morgan fingerprint density at radius 1 is 1.12 bits per heavy atom. The first-order chi connectivity index (χ1) is 12.7. The van der Waals surface area contributed by atoms with Crippen LogP contribution in [0.3, 0.4) is 0 Å². The van der Waals surface area contributed by atoms with Gasteiger partial charge in [0, 0.05) is 23.3 Å². The molecule has 0 amide bonds. The molecule has 0 bridgehead atoms. The van der Waals surface area contributed by atoms with Crippen molar-refractivity contribution >= 4 is 22.9 Å². The summed E-state index contributed by atoms with van der Waals surface area (Å²) in [6, 6.07) is 13.7. The van der Waals surface area contributed by atoms with E-state index in [1.807, 2.05) is 42.6 Å². The summed E-state index contributed by atoms with van der Waals surface area (Å²) in [4.78, 5) is 5.58. The monoisotopic (exact) mass is 388 g/mol. The fourth-order valence-corrected chi connectivity index (χ4v) is 3.76. The van der Waals surface area contributed by atoms with Crippen LogP contribution in [0.4, 0.5) is 0 Å². The molecule has 0 aliphatic rings. The topological polar surface area (TPSA) is 43.4 Å². The molecular weight excluding hydrogens is 368 g/mol. The number of halogens is 1. The smallest absolute Gasteiger partial charge is 0.127 e. The molecule has 1 N–H and O–H groups in total.